The number of nitrogens with one attached hydrogen (secondary N) is 2. The molecule has 30 heavy (non-hydrogen) atoms. The molecule has 174 valence electrons. The molecule has 0 unspecified atom stereocenters. The molecule has 1 heterocycles. The number of unbranched alkanes of at least 4 members (excludes halogenated alkanes) is 6. The highest BCUT2D eigenvalue weighted by atomic mass is 32.1. The number of nitrogens with zero attached hydrogens (tertiary/aromatic N) is 2. The summed E-state index contributed by atoms with van der Waals surface area (Å²) in [7, 11) is 0. The van der Waals surface area contributed by atoms with Gasteiger partial charge in [-0.2, -0.15) is 0 Å². The molecule has 0 atom stereocenters. The Morgan fingerprint density at radius 1 is 0.833 bits per heavy atom. The van der Waals surface area contributed by atoms with Crippen LogP contribution in [0.2, 0.25) is 0 Å². The van der Waals surface area contributed by atoms with Crippen LogP contribution in [0.3, 0.4) is 0 Å². The van der Waals surface area contributed by atoms with Crippen molar-refractivity contribution in [2.24, 2.45) is 0 Å². The van der Waals surface area contributed by atoms with Gasteiger partial charge in [-0.25, -0.2) is 0 Å². The monoisotopic (exact) mass is 454 g/mol. The molecule has 2 aliphatic rings. The van der Waals surface area contributed by atoms with Gasteiger partial charge in [-0.3, -0.25) is 0 Å². The average Bonchev–Trinajstić information content (AvgIpc) is 3.30. The van der Waals surface area contributed by atoms with Gasteiger partial charge in [0.1, 0.15) is 0 Å². The van der Waals surface area contributed by atoms with Crippen molar-refractivity contribution in [1.82, 2.24) is 20.4 Å². The summed E-state index contributed by atoms with van der Waals surface area (Å²) in [4.78, 5) is 4.75. The van der Waals surface area contributed by atoms with E-state index in [4.69, 9.17) is 24.4 Å². The van der Waals surface area contributed by atoms with Crippen LogP contribution in [0.1, 0.15) is 103 Å². The second-order valence-electron chi connectivity index (χ2n) is 9.17. The van der Waals surface area contributed by atoms with E-state index in [0.717, 1.165) is 42.9 Å². The van der Waals surface area contributed by atoms with Crippen molar-refractivity contribution in [3.05, 3.63) is 0 Å². The first-order valence-electron chi connectivity index (χ1n) is 12.8. The molecule has 0 aromatic rings. The first-order chi connectivity index (χ1) is 14.7. The van der Waals surface area contributed by atoms with Crippen LogP contribution >= 0.6 is 24.4 Å². The average molecular weight is 455 g/mol. The molecule has 0 aromatic carbocycles. The number of thiocarbonyl (C=S) groups is 2. The highest BCUT2D eigenvalue weighted by Crippen LogP contribution is 2.18. The van der Waals surface area contributed by atoms with Gasteiger partial charge in [-0.05, 0) is 69.4 Å². The van der Waals surface area contributed by atoms with Gasteiger partial charge in [0.15, 0.2) is 10.2 Å². The van der Waals surface area contributed by atoms with E-state index in [1.165, 1.54) is 96.3 Å². The number of rotatable bonds is 13. The van der Waals surface area contributed by atoms with E-state index >= 15 is 0 Å². The van der Waals surface area contributed by atoms with Gasteiger partial charge in [0, 0.05) is 38.8 Å². The molecule has 0 aromatic heterocycles. The molecule has 1 saturated heterocycles. The zero-order valence-corrected chi connectivity index (χ0v) is 21.1. The smallest absolute Gasteiger partial charge is 0.169 e. The fraction of sp³-hybridized carbons (Fsp3) is 0.917. The van der Waals surface area contributed by atoms with Crippen molar-refractivity contribution in [1.29, 1.82) is 0 Å². The minimum atomic E-state index is 0.613. The van der Waals surface area contributed by atoms with Gasteiger partial charge >= 0.3 is 0 Å². The molecule has 0 spiro atoms. The van der Waals surface area contributed by atoms with E-state index in [2.05, 4.69) is 27.4 Å². The van der Waals surface area contributed by atoms with Crippen LogP contribution < -0.4 is 10.6 Å². The van der Waals surface area contributed by atoms with Crippen molar-refractivity contribution in [3.63, 3.8) is 0 Å². The van der Waals surface area contributed by atoms with Crippen LogP contribution in [0, 0.1) is 0 Å². The summed E-state index contributed by atoms with van der Waals surface area (Å²) in [6.07, 6.45) is 19.5. The van der Waals surface area contributed by atoms with Crippen LogP contribution in [-0.4, -0.2) is 58.8 Å². The van der Waals surface area contributed by atoms with Crippen LogP contribution in [0.4, 0.5) is 0 Å². The largest absolute Gasteiger partial charge is 0.363 e. The molecular formula is C24H46N4S2. The number of hydrogen-bond donors (Lipinski definition) is 2. The quantitative estimate of drug-likeness (QED) is 0.278. The second kappa shape index (κ2) is 16.1. The molecule has 1 aliphatic carbocycles. The van der Waals surface area contributed by atoms with Gasteiger partial charge in [0.05, 0.1) is 0 Å². The van der Waals surface area contributed by atoms with Crippen LogP contribution in [0.5, 0.6) is 0 Å². The third-order valence-corrected chi connectivity index (χ3v) is 7.30. The van der Waals surface area contributed by atoms with E-state index < -0.39 is 0 Å². The predicted molar refractivity (Wildman–Crippen MR) is 138 cm³/mol. The van der Waals surface area contributed by atoms with Crippen molar-refractivity contribution in [2.45, 2.75) is 109 Å². The molecule has 2 fully saturated rings. The maximum absolute atomic E-state index is 5.77. The summed E-state index contributed by atoms with van der Waals surface area (Å²) in [5.41, 5.74) is 0. The first kappa shape index (κ1) is 25.6. The minimum Gasteiger partial charge on any atom is -0.363 e. The van der Waals surface area contributed by atoms with E-state index in [9.17, 15) is 0 Å². The summed E-state index contributed by atoms with van der Waals surface area (Å²) in [5, 5.41) is 9.08. The maximum Gasteiger partial charge on any atom is 0.169 e. The first-order valence-corrected chi connectivity index (χ1v) is 13.6. The molecule has 4 nitrogen and oxygen atoms in total. The van der Waals surface area contributed by atoms with Gasteiger partial charge in [0.25, 0.3) is 0 Å². The molecule has 2 rings (SSSR count). The Hall–Kier alpha value is -0.620. The second-order valence-corrected chi connectivity index (χ2v) is 9.95. The maximum atomic E-state index is 5.77. The standard InChI is InChI=1S/C24H46N4S2/c1-2-3-18-28(24(30)26-22-15-9-8-10-16-22)19-12-7-5-4-6-11-17-25-23(29)27-20-13-14-21-27/h22H,2-21H2,1H3,(H,25,29)(H,26,30). The highest BCUT2D eigenvalue weighted by molar-refractivity contribution is 7.80. The van der Waals surface area contributed by atoms with Crippen molar-refractivity contribution < 1.29 is 0 Å². The fourth-order valence-corrected chi connectivity index (χ4v) is 5.17. The van der Waals surface area contributed by atoms with Gasteiger partial charge in [-0.1, -0.05) is 58.3 Å². The lowest BCUT2D eigenvalue weighted by atomic mass is 9.96. The Bertz CT molecular complexity index is 474. The Labute approximate surface area is 196 Å². The lowest BCUT2D eigenvalue weighted by molar-refractivity contribution is 0.358. The molecular weight excluding hydrogens is 408 g/mol. The SMILES string of the molecule is CCCCN(CCCCCCCCNC(=S)N1CCCC1)C(=S)NC1CCCCC1. The zero-order chi connectivity index (χ0) is 21.4. The summed E-state index contributed by atoms with van der Waals surface area (Å²) in [5.74, 6) is 0. The Kier molecular flexibility index (Phi) is 13.7. The van der Waals surface area contributed by atoms with Crippen LogP contribution in [0.25, 0.3) is 0 Å². The summed E-state index contributed by atoms with van der Waals surface area (Å²) in [6, 6.07) is 0.613. The van der Waals surface area contributed by atoms with Gasteiger partial charge in [0.2, 0.25) is 0 Å². The molecule has 1 saturated carbocycles. The Morgan fingerprint density at radius 2 is 1.47 bits per heavy atom. The normalized spacial score (nSPS) is 17.2. The highest BCUT2D eigenvalue weighted by Gasteiger charge is 2.17. The zero-order valence-electron chi connectivity index (χ0n) is 19.4. The van der Waals surface area contributed by atoms with E-state index in [0.29, 0.717) is 6.04 Å². The summed E-state index contributed by atoms with van der Waals surface area (Å²) < 4.78 is 0. The predicted octanol–water partition coefficient (Wildman–Crippen LogP) is 5.61. The third kappa shape index (κ3) is 10.6. The molecule has 2 N–H and O–H groups in total. The number of likely N-dealkylation sites (tertiary alicyclic amines) is 1. The fourth-order valence-electron chi connectivity index (χ4n) is 4.54. The molecule has 1 aliphatic heterocycles. The summed E-state index contributed by atoms with van der Waals surface area (Å²) >= 11 is 11.2. The van der Waals surface area contributed by atoms with E-state index in [1.807, 2.05) is 0 Å². The van der Waals surface area contributed by atoms with Gasteiger partial charge in [-0.15, -0.1) is 0 Å². The molecule has 0 radical (unpaired) electrons. The third-order valence-electron chi connectivity index (χ3n) is 6.53. The van der Waals surface area contributed by atoms with Crippen LogP contribution in [0.15, 0.2) is 0 Å². The lowest BCUT2D eigenvalue weighted by Gasteiger charge is -2.31. The molecule has 0 amide bonds. The van der Waals surface area contributed by atoms with E-state index in [1.54, 1.807) is 0 Å². The number of hydrogen-bond acceptors (Lipinski definition) is 2. The Balaban J connectivity index is 1.49. The van der Waals surface area contributed by atoms with Crippen LogP contribution in [-0.2, 0) is 0 Å². The van der Waals surface area contributed by atoms with E-state index in [-0.39, 0.29) is 0 Å². The Morgan fingerprint density at radius 3 is 2.17 bits per heavy atom. The van der Waals surface area contributed by atoms with Gasteiger partial charge < -0.3 is 20.4 Å². The minimum absolute atomic E-state index is 0.613. The van der Waals surface area contributed by atoms with Crippen molar-refractivity contribution >= 4 is 34.7 Å². The molecule has 6 heteroatoms. The lowest BCUT2D eigenvalue weighted by Crippen LogP contribution is -2.46. The van der Waals surface area contributed by atoms with Crippen molar-refractivity contribution in [3.8, 4) is 0 Å². The molecule has 0 bridgehead atoms. The summed E-state index contributed by atoms with van der Waals surface area (Å²) in [6.45, 7) is 7.80. The topological polar surface area (TPSA) is 30.5 Å². The van der Waals surface area contributed by atoms with Crippen molar-refractivity contribution in [2.75, 3.05) is 32.7 Å².